The topological polar surface area (TPSA) is 26.3 Å². The van der Waals surface area contributed by atoms with Crippen LogP contribution in [-0.2, 0) is 9.53 Å². The van der Waals surface area contributed by atoms with Gasteiger partial charge in [-0.3, -0.25) is 4.79 Å². The molecule has 14 heavy (non-hydrogen) atoms. The molecule has 0 heterocycles. The predicted octanol–water partition coefficient (Wildman–Crippen LogP) is 3.12. The monoisotopic (exact) mass is 212 g/mol. The average Bonchev–Trinajstić information content (AvgIpc) is 2.19. The van der Waals surface area contributed by atoms with Crippen molar-refractivity contribution in [2.24, 2.45) is 5.92 Å². The van der Waals surface area contributed by atoms with E-state index in [0.717, 1.165) is 5.56 Å². The molecule has 3 heteroatoms. The third-order valence-corrected chi connectivity index (χ3v) is 2.09. The molecule has 0 aliphatic carbocycles. The lowest BCUT2D eigenvalue weighted by atomic mass is 10.2. The number of carbonyl (C=O) groups excluding carboxylic acids is 1. The molecule has 1 unspecified atom stereocenters. The van der Waals surface area contributed by atoms with E-state index in [1.165, 1.54) is 0 Å². The van der Waals surface area contributed by atoms with E-state index in [9.17, 15) is 4.79 Å². The maximum atomic E-state index is 11.2. The SMILES string of the molecule is CC(C)C(=O)OC(Cl)c1ccccc1. The molecule has 1 aromatic rings. The number of alkyl halides is 1. The van der Waals surface area contributed by atoms with Crippen molar-refractivity contribution in [3.8, 4) is 0 Å². The Balaban J connectivity index is 2.59. The lowest BCUT2D eigenvalue weighted by Gasteiger charge is -2.12. The molecule has 0 bridgehead atoms. The first-order valence-electron chi connectivity index (χ1n) is 4.50. The smallest absolute Gasteiger partial charge is 0.310 e. The minimum Gasteiger partial charge on any atom is -0.441 e. The number of benzene rings is 1. The van der Waals surface area contributed by atoms with Gasteiger partial charge in [0.15, 0.2) is 0 Å². The van der Waals surface area contributed by atoms with Crippen molar-refractivity contribution < 1.29 is 9.53 Å². The van der Waals surface area contributed by atoms with Gasteiger partial charge in [0.2, 0.25) is 5.56 Å². The number of rotatable bonds is 3. The molecule has 1 atom stereocenters. The Morgan fingerprint density at radius 2 is 1.86 bits per heavy atom. The minimum atomic E-state index is -0.689. The number of hydrogen-bond donors (Lipinski definition) is 0. The van der Waals surface area contributed by atoms with Crippen molar-refractivity contribution in [1.29, 1.82) is 0 Å². The summed E-state index contributed by atoms with van der Waals surface area (Å²) in [5, 5.41) is 0. The minimum absolute atomic E-state index is 0.153. The normalized spacial score (nSPS) is 12.6. The molecule has 0 saturated carbocycles. The molecule has 0 aliphatic heterocycles. The fourth-order valence-corrected chi connectivity index (χ4v) is 1.14. The van der Waals surface area contributed by atoms with Crippen LogP contribution in [-0.4, -0.2) is 5.97 Å². The van der Waals surface area contributed by atoms with Gasteiger partial charge < -0.3 is 4.74 Å². The van der Waals surface area contributed by atoms with Crippen LogP contribution in [0.15, 0.2) is 30.3 Å². The largest absolute Gasteiger partial charge is 0.441 e. The van der Waals surface area contributed by atoms with Gasteiger partial charge in [-0.25, -0.2) is 0 Å². The summed E-state index contributed by atoms with van der Waals surface area (Å²) >= 11 is 5.90. The third kappa shape index (κ3) is 3.04. The molecular weight excluding hydrogens is 200 g/mol. The summed E-state index contributed by atoms with van der Waals surface area (Å²) in [6, 6.07) is 9.25. The zero-order chi connectivity index (χ0) is 10.6. The van der Waals surface area contributed by atoms with E-state index in [4.69, 9.17) is 16.3 Å². The van der Waals surface area contributed by atoms with Crippen LogP contribution in [0.5, 0.6) is 0 Å². The maximum Gasteiger partial charge on any atom is 0.310 e. The van der Waals surface area contributed by atoms with Crippen molar-refractivity contribution in [2.75, 3.05) is 0 Å². The van der Waals surface area contributed by atoms with Gasteiger partial charge in [0.1, 0.15) is 0 Å². The number of carbonyl (C=O) groups is 1. The van der Waals surface area contributed by atoms with Gasteiger partial charge in [0, 0.05) is 5.56 Å². The van der Waals surface area contributed by atoms with E-state index in [0.29, 0.717) is 0 Å². The molecule has 0 fully saturated rings. The summed E-state index contributed by atoms with van der Waals surface area (Å²) in [6.45, 7) is 3.55. The summed E-state index contributed by atoms with van der Waals surface area (Å²) in [4.78, 5) is 11.2. The fourth-order valence-electron chi connectivity index (χ4n) is 0.910. The van der Waals surface area contributed by atoms with Crippen molar-refractivity contribution in [3.63, 3.8) is 0 Å². The molecule has 0 saturated heterocycles. The molecule has 0 aromatic heterocycles. The summed E-state index contributed by atoms with van der Waals surface area (Å²) in [7, 11) is 0. The van der Waals surface area contributed by atoms with Crippen molar-refractivity contribution >= 4 is 17.6 Å². The molecule has 0 radical (unpaired) electrons. The zero-order valence-corrected chi connectivity index (χ0v) is 8.99. The number of hydrogen-bond acceptors (Lipinski definition) is 2. The highest BCUT2D eigenvalue weighted by atomic mass is 35.5. The maximum absolute atomic E-state index is 11.2. The lowest BCUT2D eigenvalue weighted by molar-refractivity contribution is -0.149. The highest BCUT2D eigenvalue weighted by Gasteiger charge is 2.15. The summed E-state index contributed by atoms with van der Waals surface area (Å²) in [6.07, 6.45) is 0. The Bertz CT molecular complexity index is 295. The van der Waals surface area contributed by atoms with Crippen molar-refractivity contribution in [3.05, 3.63) is 35.9 Å². The molecule has 1 aromatic carbocycles. The second-order valence-electron chi connectivity index (χ2n) is 3.32. The van der Waals surface area contributed by atoms with Gasteiger partial charge >= 0.3 is 5.97 Å². The van der Waals surface area contributed by atoms with E-state index in [1.807, 2.05) is 30.3 Å². The Morgan fingerprint density at radius 3 is 2.36 bits per heavy atom. The molecule has 0 aliphatic rings. The van der Waals surface area contributed by atoms with E-state index in [1.54, 1.807) is 13.8 Å². The zero-order valence-electron chi connectivity index (χ0n) is 8.24. The Hall–Kier alpha value is -1.02. The predicted molar refractivity (Wildman–Crippen MR) is 56.0 cm³/mol. The number of ether oxygens (including phenoxy) is 1. The fraction of sp³-hybridized carbons (Fsp3) is 0.364. The molecule has 0 amide bonds. The van der Waals surface area contributed by atoms with Gasteiger partial charge in [0.25, 0.3) is 0 Å². The number of esters is 1. The highest BCUT2D eigenvalue weighted by molar-refractivity contribution is 6.20. The first kappa shape index (κ1) is 11.1. The van der Waals surface area contributed by atoms with Crippen LogP contribution in [0.1, 0.15) is 25.0 Å². The molecule has 0 N–H and O–H groups in total. The Kier molecular flexibility index (Phi) is 3.96. The van der Waals surface area contributed by atoms with Gasteiger partial charge in [-0.2, -0.15) is 0 Å². The quantitative estimate of drug-likeness (QED) is 0.569. The molecular formula is C11H13ClO2. The second kappa shape index (κ2) is 5.01. The molecule has 0 spiro atoms. The lowest BCUT2D eigenvalue weighted by Crippen LogP contribution is -2.13. The molecule has 1 rings (SSSR count). The standard InChI is InChI=1S/C11H13ClO2/c1-8(2)11(13)14-10(12)9-6-4-3-5-7-9/h3-8,10H,1-2H3. The Morgan fingerprint density at radius 1 is 1.29 bits per heavy atom. The highest BCUT2D eigenvalue weighted by Crippen LogP contribution is 2.22. The van der Waals surface area contributed by atoms with E-state index >= 15 is 0 Å². The Labute approximate surface area is 88.8 Å². The summed E-state index contributed by atoms with van der Waals surface area (Å²) < 4.78 is 5.02. The first-order chi connectivity index (χ1) is 6.61. The number of halogens is 1. The van der Waals surface area contributed by atoms with E-state index in [-0.39, 0.29) is 11.9 Å². The van der Waals surface area contributed by atoms with Crippen LogP contribution in [0, 0.1) is 5.92 Å². The van der Waals surface area contributed by atoms with Crippen LogP contribution in [0.25, 0.3) is 0 Å². The van der Waals surface area contributed by atoms with Crippen LogP contribution in [0.2, 0.25) is 0 Å². The van der Waals surface area contributed by atoms with Gasteiger partial charge in [-0.15, -0.1) is 0 Å². The van der Waals surface area contributed by atoms with Crippen molar-refractivity contribution in [1.82, 2.24) is 0 Å². The van der Waals surface area contributed by atoms with Crippen LogP contribution >= 0.6 is 11.6 Å². The van der Waals surface area contributed by atoms with Gasteiger partial charge in [-0.05, 0) is 0 Å². The molecule has 2 nitrogen and oxygen atoms in total. The third-order valence-electron chi connectivity index (χ3n) is 1.75. The summed E-state index contributed by atoms with van der Waals surface area (Å²) in [5.74, 6) is -0.436. The van der Waals surface area contributed by atoms with E-state index < -0.39 is 5.56 Å². The van der Waals surface area contributed by atoms with E-state index in [2.05, 4.69) is 0 Å². The average molecular weight is 213 g/mol. The van der Waals surface area contributed by atoms with Crippen molar-refractivity contribution in [2.45, 2.75) is 19.4 Å². The van der Waals surface area contributed by atoms with Crippen LogP contribution in [0.3, 0.4) is 0 Å². The van der Waals surface area contributed by atoms with Gasteiger partial charge in [0.05, 0.1) is 5.92 Å². The van der Waals surface area contributed by atoms with Gasteiger partial charge in [-0.1, -0.05) is 55.8 Å². The second-order valence-corrected chi connectivity index (χ2v) is 3.71. The first-order valence-corrected chi connectivity index (χ1v) is 4.94. The molecule has 76 valence electrons. The van der Waals surface area contributed by atoms with Crippen LogP contribution in [0.4, 0.5) is 0 Å². The summed E-state index contributed by atoms with van der Waals surface area (Å²) in [5.41, 5.74) is 0.106. The van der Waals surface area contributed by atoms with Crippen LogP contribution < -0.4 is 0 Å².